The predicted octanol–water partition coefficient (Wildman–Crippen LogP) is 5.43. The van der Waals surface area contributed by atoms with Crippen molar-refractivity contribution in [1.82, 2.24) is 4.98 Å². The molecule has 108 valence electrons. The van der Waals surface area contributed by atoms with Gasteiger partial charge in [-0.15, -0.1) is 0 Å². The summed E-state index contributed by atoms with van der Waals surface area (Å²) in [5.41, 5.74) is 8.40. The highest BCUT2D eigenvalue weighted by Gasteiger charge is 2.10. The van der Waals surface area contributed by atoms with Gasteiger partial charge in [0.1, 0.15) is 5.82 Å². The summed E-state index contributed by atoms with van der Waals surface area (Å²) >= 11 is 7.71. The van der Waals surface area contributed by atoms with Gasteiger partial charge in [-0.25, -0.2) is 4.98 Å². The van der Waals surface area contributed by atoms with Crippen molar-refractivity contribution in [3.05, 3.63) is 58.2 Å². The lowest BCUT2D eigenvalue weighted by atomic mass is 10.1. The molecule has 0 aliphatic rings. The van der Waals surface area contributed by atoms with Crippen LogP contribution in [0.25, 0.3) is 21.7 Å². The normalized spacial score (nSPS) is 11.1. The maximum Gasteiger partial charge on any atom is 0.139 e. The van der Waals surface area contributed by atoms with E-state index in [2.05, 4.69) is 16.1 Å². The molecule has 3 N–H and O–H groups in total. The van der Waals surface area contributed by atoms with E-state index in [0.29, 0.717) is 10.7 Å². The summed E-state index contributed by atoms with van der Waals surface area (Å²) in [4.78, 5) is 4.73. The maximum atomic E-state index is 6.05. The fourth-order valence-electron chi connectivity index (χ4n) is 2.54. The zero-order valence-corrected chi connectivity index (χ0v) is 13.1. The van der Waals surface area contributed by atoms with E-state index in [4.69, 9.17) is 22.3 Å². The van der Waals surface area contributed by atoms with Gasteiger partial charge in [0.15, 0.2) is 0 Å². The minimum atomic E-state index is 0.691. The molecule has 0 radical (unpaired) electrons. The molecular weight excluding hydrogens is 314 g/mol. The number of nitrogen functional groups attached to an aromatic ring is 1. The summed E-state index contributed by atoms with van der Waals surface area (Å²) in [7, 11) is 0. The molecule has 0 fully saturated rings. The SMILES string of the molecule is Nc1ccc2c(c1)nc(Nc1cccc(Cl)c1)c1cscc12. The van der Waals surface area contributed by atoms with Crippen molar-refractivity contribution in [3.8, 4) is 0 Å². The topological polar surface area (TPSA) is 50.9 Å². The van der Waals surface area contributed by atoms with Crippen molar-refractivity contribution in [3.63, 3.8) is 0 Å². The molecule has 2 aromatic carbocycles. The summed E-state index contributed by atoms with van der Waals surface area (Å²) in [5, 5.41) is 11.7. The van der Waals surface area contributed by atoms with Gasteiger partial charge in [-0.05, 0) is 35.7 Å². The standard InChI is InChI=1S/C17H12ClN3S/c18-10-2-1-3-12(6-10)20-17-15-9-22-8-14(15)13-5-4-11(19)7-16(13)21-17/h1-9H,19H2,(H,20,21). The first-order valence-corrected chi connectivity index (χ1v) is 8.10. The van der Waals surface area contributed by atoms with Gasteiger partial charge in [-0.3, -0.25) is 0 Å². The average molecular weight is 326 g/mol. The van der Waals surface area contributed by atoms with Gasteiger partial charge in [0.2, 0.25) is 0 Å². The number of nitrogens with one attached hydrogen (secondary N) is 1. The number of hydrogen-bond acceptors (Lipinski definition) is 4. The Labute approximate surface area is 136 Å². The smallest absolute Gasteiger partial charge is 0.139 e. The highest BCUT2D eigenvalue weighted by atomic mass is 35.5. The Morgan fingerprint density at radius 1 is 1.00 bits per heavy atom. The van der Waals surface area contributed by atoms with Gasteiger partial charge >= 0.3 is 0 Å². The molecule has 5 heteroatoms. The molecule has 0 aliphatic carbocycles. The second-order valence-corrected chi connectivity index (χ2v) is 6.25. The molecule has 4 rings (SSSR count). The van der Waals surface area contributed by atoms with Crippen LogP contribution in [0.2, 0.25) is 5.02 Å². The number of hydrogen-bond donors (Lipinski definition) is 2. The molecule has 0 spiro atoms. The largest absolute Gasteiger partial charge is 0.399 e. The quantitative estimate of drug-likeness (QED) is 0.483. The first-order valence-electron chi connectivity index (χ1n) is 6.78. The van der Waals surface area contributed by atoms with Gasteiger partial charge in [-0.1, -0.05) is 23.7 Å². The van der Waals surface area contributed by atoms with Crippen molar-refractivity contribution >= 4 is 61.8 Å². The number of nitrogens with zero attached hydrogens (tertiary/aromatic N) is 1. The number of thiophene rings is 1. The van der Waals surface area contributed by atoms with Gasteiger partial charge in [0, 0.05) is 37.9 Å². The van der Waals surface area contributed by atoms with Crippen LogP contribution >= 0.6 is 22.9 Å². The molecule has 4 aromatic rings. The fourth-order valence-corrected chi connectivity index (χ4v) is 3.56. The zero-order chi connectivity index (χ0) is 15.1. The van der Waals surface area contributed by atoms with Crippen molar-refractivity contribution in [2.75, 3.05) is 11.1 Å². The summed E-state index contributed by atoms with van der Waals surface area (Å²) in [6, 6.07) is 13.4. The number of nitrogens with two attached hydrogens (primary N) is 1. The van der Waals surface area contributed by atoms with E-state index in [1.807, 2.05) is 42.5 Å². The van der Waals surface area contributed by atoms with Gasteiger partial charge in [0.05, 0.1) is 5.52 Å². The van der Waals surface area contributed by atoms with Crippen molar-refractivity contribution in [2.45, 2.75) is 0 Å². The first-order chi connectivity index (χ1) is 10.7. The van der Waals surface area contributed by atoms with E-state index in [1.165, 1.54) is 5.39 Å². The molecule has 0 amide bonds. The van der Waals surface area contributed by atoms with Crippen LogP contribution in [0.3, 0.4) is 0 Å². The van der Waals surface area contributed by atoms with E-state index in [9.17, 15) is 0 Å². The van der Waals surface area contributed by atoms with Crippen LogP contribution in [0.5, 0.6) is 0 Å². The van der Waals surface area contributed by atoms with E-state index >= 15 is 0 Å². The van der Waals surface area contributed by atoms with Crippen LogP contribution in [0, 0.1) is 0 Å². The third kappa shape index (κ3) is 2.26. The number of fused-ring (bicyclic) bond motifs is 3. The molecule has 0 saturated carbocycles. The number of benzene rings is 2. The molecule has 22 heavy (non-hydrogen) atoms. The predicted molar refractivity (Wildman–Crippen MR) is 96.3 cm³/mol. The Balaban J connectivity index is 1.93. The Hall–Kier alpha value is -2.30. The second-order valence-electron chi connectivity index (χ2n) is 5.07. The van der Waals surface area contributed by atoms with Gasteiger partial charge in [-0.2, -0.15) is 11.3 Å². The Morgan fingerprint density at radius 3 is 2.73 bits per heavy atom. The minimum absolute atomic E-state index is 0.691. The summed E-state index contributed by atoms with van der Waals surface area (Å²) in [6.07, 6.45) is 0. The maximum absolute atomic E-state index is 6.05. The Kier molecular flexibility index (Phi) is 3.13. The fraction of sp³-hybridized carbons (Fsp3) is 0. The summed E-state index contributed by atoms with van der Waals surface area (Å²) in [5.74, 6) is 0.816. The Bertz CT molecular complexity index is 994. The number of anilines is 3. The van der Waals surface area contributed by atoms with E-state index in [-0.39, 0.29) is 0 Å². The molecular formula is C17H12ClN3S. The molecule has 0 unspecified atom stereocenters. The summed E-state index contributed by atoms with van der Waals surface area (Å²) in [6.45, 7) is 0. The van der Waals surface area contributed by atoms with Gasteiger partial charge in [0.25, 0.3) is 0 Å². The number of aromatic nitrogens is 1. The van der Waals surface area contributed by atoms with E-state index < -0.39 is 0 Å². The molecule has 3 nitrogen and oxygen atoms in total. The van der Waals surface area contributed by atoms with Crippen LogP contribution in [0.15, 0.2) is 53.2 Å². The van der Waals surface area contributed by atoms with Crippen molar-refractivity contribution < 1.29 is 0 Å². The lowest BCUT2D eigenvalue weighted by molar-refractivity contribution is 1.40. The highest BCUT2D eigenvalue weighted by Crippen LogP contribution is 2.34. The Morgan fingerprint density at radius 2 is 1.86 bits per heavy atom. The van der Waals surface area contributed by atoms with Crippen LogP contribution in [-0.2, 0) is 0 Å². The van der Waals surface area contributed by atoms with Crippen LogP contribution in [0.1, 0.15) is 0 Å². The second kappa shape index (κ2) is 5.16. The number of rotatable bonds is 2. The van der Waals surface area contributed by atoms with Gasteiger partial charge < -0.3 is 11.1 Å². The highest BCUT2D eigenvalue weighted by molar-refractivity contribution is 7.09. The molecule has 2 aromatic heterocycles. The third-order valence-electron chi connectivity index (χ3n) is 3.55. The van der Waals surface area contributed by atoms with Crippen molar-refractivity contribution in [2.24, 2.45) is 0 Å². The molecule has 0 atom stereocenters. The molecule has 0 saturated heterocycles. The van der Waals surface area contributed by atoms with Crippen LogP contribution in [0.4, 0.5) is 17.2 Å². The van der Waals surface area contributed by atoms with Crippen LogP contribution in [-0.4, -0.2) is 4.98 Å². The van der Waals surface area contributed by atoms with E-state index in [1.54, 1.807) is 11.3 Å². The molecule has 0 aliphatic heterocycles. The third-order valence-corrected chi connectivity index (χ3v) is 4.53. The first kappa shape index (κ1) is 13.4. The molecule has 2 heterocycles. The minimum Gasteiger partial charge on any atom is -0.399 e. The van der Waals surface area contributed by atoms with E-state index in [0.717, 1.165) is 27.8 Å². The number of halogens is 1. The lowest BCUT2D eigenvalue weighted by Gasteiger charge is -2.10. The average Bonchev–Trinajstić information content (AvgIpc) is 2.97. The molecule has 0 bridgehead atoms. The summed E-state index contributed by atoms with van der Waals surface area (Å²) < 4.78 is 0. The number of pyridine rings is 1. The van der Waals surface area contributed by atoms with Crippen molar-refractivity contribution in [1.29, 1.82) is 0 Å². The van der Waals surface area contributed by atoms with Crippen LogP contribution < -0.4 is 11.1 Å². The zero-order valence-electron chi connectivity index (χ0n) is 11.5. The monoisotopic (exact) mass is 325 g/mol. The lowest BCUT2D eigenvalue weighted by Crippen LogP contribution is -1.95.